The Bertz CT molecular complexity index is 689. The summed E-state index contributed by atoms with van der Waals surface area (Å²) in [7, 11) is 0. The summed E-state index contributed by atoms with van der Waals surface area (Å²) in [4.78, 5) is 5.55. The number of nitrogen functional groups attached to an aromatic ring is 1. The molecule has 19 heavy (non-hydrogen) atoms. The Balaban J connectivity index is 1.96. The zero-order valence-corrected chi connectivity index (χ0v) is 11.7. The summed E-state index contributed by atoms with van der Waals surface area (Å²) in [6, 6.07) is 9.61. The number of halogens is 1. The number of imidazole rings is 1. The predicted molar refractivity (Wildman–Crippen MR) is 80.5 cm³/mol. The molecule has 0 amide bonds. The highest BCUT2D eigenvalue weighted by Gasteiger charge is 2.09. The lowest BCUT2D eigenvalue weighted by atomic mass is 10.2. The molecule has 0 saturated heterocycles. The van der Waals surface area contributed by atoms with Gasteiger partial charge in [0.05, 0.1) is 11.4 Å². The Morgan fingerprint density at radius 3 is 3.00 bits per heavy atom. The van der Waals surface area contributed by atoms with Crippen molar-refractivity contribution in [2.45, 2.75) is 6.54 Å². The summed E-state index contributed by atoms with van der Waals surface area (Å²) in [6.45, 7) is 0.666. The predicted octanol–water partition coefficient (Wildman–Crippen LogP) is 3.90. The van der Waals surface area contributed by atoms with Gasteiger partial charge in [0.15, 0.2) is 0 Å². The van der Waals surface area contributed by atoms with Crippen molar-refractivity contribution in [1.29, 1.82) is 0 Å². The Morgan fingerprint density at radius 1 is 1.32 bits per heavy atom. The van der Waals surface area contributed by atoms with E-state index in [-0.39, 0.29) is 0 Å². The van der Waals surface area contributed by atoms with E-state index in [1.165, 1.54) is 0 Å². The average Bonchev–Trinajstić information content (AvgIpc) is 3.03. The van der Waals surface area contributed by atoms with Crippen LogP contribution in [-0.4, -0.2) is 9.55 Å². The van der Waals surface area contributed by atoms with Crippen molar-refractivity contribution in [3.8, 4) is 10.7 Å². The standard InChI is InChI=1S/C14H12ClN3S/c15-11-3-4-12(16)10(8-11)9-18-6-5-17-14(18)13-2-1-7-19-13/h1-8H,9,16H2. The first-order valence-corrected chi connectivity index (χ1v) is 7.09. The molecule has 0 radical (unpaired) electrons. The van der Waals surface area contributed by atoms with Crippen LogP contribution in [0.5, 0.6) is 0 Å². The summed E-state index contributed by atoms with van der Waals surface area (Å²) in [5.74, 6) is 0.953. The van der Waals surface area contributed by atoms with Crippen LogP contribution in [0.2, 0.25) is 5.02 Å². The second kappa shape index (κ2) is 5.07. The lowest BCUT2D eigenvalue weighted by Crippen LogP contribution is -2.03. The molecule has 0 atom stereocenters. The van der Waals surface area contributed by atoms with Crippen molar-refractivity contribution in [2.75, 3.05) is 5.73 Å². The number of thiophene rings is 1. The van der Waals surface area contributed by atoms with Crippen LogP contribution >= 0.6 is 22.9 Å². The molecule has 0 aliphatic heterocycles. The zero-order valence-electron chi connectivity index (χ0n) is 10.1. The molecular formula is C14H12ClN3S. The molecule has 0 bridgehead atoms. The van der Waals surface area contributed by atoms with Crippen LogP contribution in [0, 0.1) is 0 Å². The first-order valence-electron chi connectivity index (χ1n) is 5.83. The Hall–Kier alpha value is -1.78. The van der Waals surface area contributed by atoms with E-state index < -0.39 is 0 Å². The van der Waals surface area contributed by atoms with E-state index in [0.717, 1.165) is 22.0 Å². The minimum absolute atomic E-state index is 0.666. The highest BCUT2D eigenvalue weighted by molar-refractivity contribution is 7.13. The fourth-order valence-corrected chi connectivity index (χ4v) is 2.89. The van der Waals surface area contributed by atoms with Gasteiger partial charge in [-0.2, -0.15) is 0 Å². The molecule has 2 aromatic heterocycles. The number of anilines is 1. The van der Waals surface area contributed by atoms with Crippen LogP contribution in [0.15, 0.2) is 48.1 Å². The Kier molecular flexibility index (Phi) is 3.27. The molecule has 96 valence electrons. The summed E-state index contributed by atoms with van der Waals surface area (Å²) >= 11 is 7.69. The van der Waals surface area contributed by atoms with Crippen LogP contribution < -0.4 is 5.73 Å². The van der Waals surface area contributed by atoms with Gasteiger partial charge in [-0.15, -0.1) is 11.3 Å². The van der Waals surface area contributed by atoms with Gasteiger partial charge in [-0.3, -0.25) is 0 Å². The molecule has 3 aromatic rings. The zero-order chi connectivity index (χ0) is 13.2. The molecule has 0 unspecified atom stereocenters. The largest absolute Gasteiger partial charge is 0.398 e. The average molecular weight is 290 g/mol. The number of rotatable bonds is 3. The van der Waals surface area contributed by atoms with Gasteiger partial charge in [0.1, 0.15) is 5.82 Å². The van der Waals surface area contributed by atoms with Gasteiger partial charge in [-0.1, -0.05) is 17.7 Å². The molecule has 1 aromatic carbocycles. The summed E-state index contributed by atoms with van der Waals surface area (Å²) in [5.41, 5.74) is 7.73. The second-order valence-electron chi connectivity index (χ2n) is 4.20. The molecule has 2 N–H and O–H groups in total. The monoisotopic (exact) mass is 289 g/mol. The third-order valence-electron chi connectivity index (χ3n) is 2.90. The highest BCUT2D eigenvalue weighted by Crippen LogP contribution is 2.25. The minimum atomic E-state index is 0.666. The summed E-state index contributed by atoms with van der Waals surface area (Å²) in [6.07, 6.45) is 3.76. The van der Waals surface area contributed by atoms with Crippen molar-refractivity contribution < 1.29 is 0 Å². The van der Waals surface area contributed by atoms with Crippen LogP contribution in [0.1, 0.15) is 5.56 Å². The van der Waals surface area contributed by atoms with Gasteiger partial charge in [0.25, 0.3) is 0 Å². The van der Waals surface area contributed by atoms with E-state index in [1.807, 2.05) is 29.8 Å². The van der Waals surface area contributed by atoms with Crippen molar-refractivity contribution >= 4 is 28.6 Å². The quantitative estimate of drug-likeness (QED) is 0.743. The maximum atomic E-state index is 6.02. The fourth-order valence-electron chi connectivity index (χ4n) is 1.96. The Morgan fingerprint density at radius 2 is 2.21 bits per heavy atom. The molecule has 0 fully saturated rings. The smallest absolute Gasteiger partial charge is 0.150 e. The first-order chi connectivity index (χ1) is 9.24. The van der Waals surface area contributed by atoms with Crippen LogP contribution in [0.3, 0.4) is 0 Å². The van der Waals surface area contributed by atoms with E-state index in [4.69, 9.17) is 17.3 Å². The van der Waals surface area contributed by atoms with Gasteiger partial charge >= 0.3 is 0 Å². The molecule has 3 nitrogen and oxygen atoms in total. The lowest BCUT2D eigenvalue weighted by molar-refractivity contribution is 0.811. The topological polar surface area (TPSA) is 43.8 Å². The number of hydrogen-bond acceptors (Lipinski definition) is 3. The van der Waals surface area contributed by atoms with Gasteiger partial charge in [0.2, 0.25) is 0 Å². The van der Waals surface area contributed by atoms with Gasteiger partial charge in [0, 0.05) is 23.1 Å². The van der Waals surface area contributed by atoms with Crippen LogP contribution in [0.25, 0.3) is 10.7 Å². The van der Waals surface area contributed by atoms with E-state index in [9.17, 15) is 0 Å². The minimum Gasteiger partial charge on any atom is -0.398 e. The molecule has 0 aliphatic rings. The summed E-state index contributed by atoms with van der Waals surface area (Å²) in [5, 5.41) is 2.74. The SMILES string of the molecule is Nc1ccc(Cl)cc1Cn1ccnc1-c1cccs1. The molecule has 0 spiro atoms. The number of nitrogens with zero attached hydrogens (tertiary/aromatic N) is 2. The van der Waals surface area contributed by atoms with Gasteiger partial charge in [-0.25, -0.2) is 4.98 Å². The van der Waals surface area contributed by atoms with E-state index in [2.05, 4.69) is 15.6 Å². The number of hydrogen-bond donors (Lipinski definition) is 1. The Labute approximate surface area is 120 Å². The van der Waals surface area contributed by atoms with E-state index >= 15 is 0 Å². The van der Waals surface area contributed by atoms with Crippen molar-refractivity contribution in [1.82, 2.24) is 9.55 Å². The van der Waals surface area contributed by atoms with Crippen molar-refractivity contribution in [2.24, 2.45) is 0 Å². The van der Waals surface area contributed by atoms with Crippen molar-refractivity contribution in [3.63, 3.8) is 0 Å². The normalized spacial score (nSPS) is 10.8. The third-order valence-corrected chi connectivity index (χ3v) is 4.00. The fraction of sp³-hybridized carbons (Fsp3) is 0.0714. The third kappa shape index (κ3) is 2.50. The number of benzene rings is 1. The highest BCUT2D eigenvalue weighted by atomic mass is 35.5. The van der Waals surface area contributed by atoms with Crippen LogP contribution in [0.4, 0.5) is 5.69 Å². The first kappa shape index (κ1) is 12.3. The number of aromatic nitrogens is 2. The van der Waals surface area contributed by atoms with E-state index in [1.54, 1.807) is 23.6 Å². The molecule has 0 saturated carbocycles. The van der Waals surface area contributed by atoms with E-state index in [0.29, 0.717) is 11.6 Å². The maximum Gasteiger partial charge on any atom is 0.150 e. The lowest BCUT2D eigenvalue weighted by Gasteiger charge is -2.09. The molecule has 3 rings (SSSR count). The molecule has 2 heterocycles. The van der Waals surface area contributed by atoms with Crippen molar-refractivity contribution in [3.05, 3.63) is 58.7 Å². The molecule has 0 aliphatic carbocycles. The maximum absolute atomic E-state index is 6.02. The van der Waals surface area contributed by atoms with Crippen LogP contribution in [-0.2, 0) is 6.54 Å². The second-order valence-corrected chi connectivity index (χ2v) is 5.58. The van der Waals surface area contributed by atoms with Gasteiger partial charge < -0.3 is 10.3 Å². The summed E-state index contributed by atoms with van der Waals surface area (Å²) < 4.78 is 2.08. The molecule has 5 heteroatoms. The van der Waals surface area contributed by atoms with Gasteiger partial charge in [-0.05, 0) is 35.2 Å². The molecular weight excluding hydrogens is 278 g/mol. The number of nitrogens with two attached hydrogens (primary N) is 1.